The number of carbonyl (C=O) groups excluding carboxylic acids is 1. The second-order valence-corrected chi connectivity index (χ2v) is 5.92. The number of likely N-dealkylation sites (tertiary alicyclic amines) is 1. The number of phenolic OH excluding ortho intramolecular Hbond substituents is 1. The first-order valence-corrected chi connectivity index (χ1v) is 7.95. The number of nitrogens with two attached hydrogens (primary N) is 1. The summed E-state index contributed by atoms with van der Waals surface area (Å²) < 4.78 is 0. The van der Waals surface area contributed by atoms with Crippen LogP contribution in [0.2, 0.25) is 0 Å². The Morgan fingerprint density at radius 1 is 1.33 bits per heavy atom. The molecule has 0 saturated carbocycles. The maximum absolute atomic E-state index is 12.6. The van der Waals surface area contributed by atoms with E-state index in [9.17, 15) is 9.90 Å². The third-order valence-corrected chi connectivity index (χ3v) is 4.34. The lowest BCUT2D eigenvalue weighted by molar-refractivity contribution is -0.134. The number of nitrogens with zero attached hydrogens (tertiary/aromatic N) is 1. The van der Waals surface area contributed by atoms with Gasteiger partial charge in [0.05, 0.1) is 6.04 Å². The molecule has 0 bridgehead atoms. The van der Waals surface area contributed by atoms with E-state index in [4.69, 9.17) is 5.73 Å². The fourth-order valence-electron chi connectivity index (χ4n) is 3.08. The molecule has 1 saturated heterocycles. The second kappa shape index (κ2) is 7.46. The molecule has 0 aromatic heterocycles. The molecule has 2 atom stereocenters. The van der Waals surface area contributed by atoms with E-state index < -0.39 is 6.04 Å². The van der Waals surface area contributed by atoms with Gasteiger partial charge in [-0.05, 0) is 43.4 Å². The van der Waals surface area contributed by atoms with Gasteiger partial charge in [0.15, 0.2) is 0 Å². The normalized spacial score (nSPS) is 20.9. The lowest BCUT2D eigenvalue weighted by Crippen LogP contribution is -2.49. The van der Waals surface area contributed by atoms with Crippen molar-refractivity contribution in [1.29, 1.82) is 0 Å². The highest BCUT2D eigenvalue weighted by Crippen LogP contribution is 2.20. The first-order valence-electron chi connectivity index (χ1n) is 7.95. The summed E-state index contributed by atoms with van der Waals surface area (Å²) in [5.41, 5.74) is 7.12. The molecule has 116 valence electrons. The molecule has 21 heavy (non-hydrogen) atoms. The molecule has 1 aromatic carbocycles. The predicted molar refractivity (Wildman–Crippen MR) is 84.0 cm³/mol. The maximum atomic E-state index is 12.6. The highest BCUT2D eigenvalue weighted by molar-refractivity contribution is 5.82. The Morgan fingerprint density at radius 2 is 2.05 bits per heavy atom. The van der Waals surface area contributed by atoms with Crippen molar-refractivity contribution in [3.63, 3.8) is 0 Å². The maximum Gasteiger partial charge on any atom is 0.240 e. The molecular weight excluding hydrogens is 264 g/mol. The Kier molecular flexibility index (Phi) is 5.62. The van der Waals surface area contributed by atoms with E-state index in [0.29, 0.717) is 12.5 Å². The van der Waals surface area contributed by atoms with Crippen LogP contribution in [0.4, 0.5) is 0 Å². The molecule has 0 aliphatic carbocycles. The standard InChI is InChI=1S/C17H26N2O2/c1-2-14-6-4-3-5-11-19(14)17(21)16(18)12-13-7-9-15(20)10-8-13/h7-10,14,16,20H,2-6,11-12,18H2,1H3. The van der Waals surface area contributed by atoms with E-state index in [1.807, 2.05) is 17.0 Å². The molecule has 2 rings (SSSR count). The zero-order valence-electron chi connectivity index (χ0n) is 12.8. The zero-order valence-corrected chi connectivity index (χ0v) is 12.8. The van der Waals surface area contributed by atoms with Crippen molar-refractivity contribution in [1.82, 2.24) is 4.90 Å². The highest BCUT2D eigenvalue weighted by Gasteiger charge is 2.27. The van der Waals surface area contributed by atoms with Crippen LogP contribution in [0.5, 0.6) is 5.75 Å². The predicted octanol–water partition coefficient (Wildman–Crippen LogP) is 2.44. The molecule has 2 unspecified atom stereocenters. The van der Waals surface area contributed by atoms with E-state index in [0.717, 1.165) is 31.4 Å². The number of phenols is 1. The molecule has 1 heterocycles. The number of hydrogen-bond donors (Lipinski definition) is 2. The number of rotatable bonds is 4. The van der Waals surface area contributed by atoms with Crippen molar-refractivity contribution < 1.29 is 9.90 Å². The largest absolute Gasteiger partial charge is 0.508 e. The zero-order chi connectivity index (χ0) is 15.2. The summed E-state index contributed by atoms with van der Waals surface area (Å²) in [4.78, 5) is 14.6. The molecule has 1 amide bonds. The number of benzene rings is 1. The van der Waals surface area contributed by atoms with Crippen LogP contribution in [0.15, 0.2) is 24.3 Å². The fourth-order valence-corrected chi connectivity index (χ4v) is 3.08. The van der Waals surface area contributed by atoms with Gasteiger partial charge in [0.2, 0.25) is 5.91 Å². The van der Waals surface area contributed by atoms with Gasteiger partial charge in [-0.1, -0.05) is 31.9 Å². The third-order valence-electron chi connectivity index (χ3n) is 4.34. The van der Waals surface area contributed by atoms with E-state index >= 15 is 0 Å². The van der Waals surface area contributed by atoms with E-state index in [2.05, 4.69) is 6.92 Å². The van der Waals surface area contributed by atoms with Crippen LogP contribution in [0.3, 0.4) is 0 Å². The Morgan fingerprint density at radius 3 is 2.71 bits per heavy atom. The first kappa shape index (κ1) is 15.8. The molecule has 1 aliphatic rings. The molecule has 0 spiro atoms. The molecule has 4 nitrogen and oxygen atoms in total. The van der Waals surface area contributed by atoms with Crippen molar-refractivity contribution in [3.8, 4) is 5.75 Å². The van der Waals surface area contributed by atoms with Crippen LogP contribution < -0.4 is 5.73 Å². The lowest BCUT2D eigenvalue weighted by atomic mass is 10.0. The van der Waals surface area contributed by atoms with Crippen LogP contribution in [-0.2, 0) is 11.2 Å². The van der Waals surface area contributed by atoms with Crippen molar-refractivity contribution in [2.45, 2.75) is 57.5 Å². The summed E-state index contributed by atoms with van der Waals surface area (Å²) in [6, 6.07) is 6.75. The summed E-state index contributed by atoms with van der Waals surface area (Å²) in [6.07, 6.45) is 6.09. The fraction of sp³-hybridized carbons (Fsp3) is 0.588. The van der Waals surface area contributed by atoms with Crippen molar-refractivity contribution >= 4 is 5.91 Å². The molecular formula is C17H26N2O2. The van der Waals surface area contributed by atoms with Gasteiger partial charge in [0, 0.05) is 12.6 Å². The average Bonchev–Trinajstić information content (AvgIpc) is 2.73. The minimum absolute atomic E-state index is 0.0665. The lowest BCUT2D eigenvalue weighted by Gasteiger charge is -2.31. The van der Waals surface area contributed by atoms with Gasteiger partial charge in [-0.3, -0.25) is 4.79 Å². The number of amides is 1. The van der Waals surface area contributed by atoms with Gasteiger partial charge in [0.1, 0.15) is 5.75 Å². The molecule has 1 aromatic rings. The van der Waals surface area contributed by atoms with Crippen LogP contribution in [-0.4, -0.2) is 34.5 Å². The highest BCUT2D eigenvalue weighted by atomic mass is 16.3. The summed E-state index contributed by atoms with van der Waals surface area (Å²) in [5.74, 6) is 0.300. The van der Waals surface area contributed by atoms with Gasteiger partial charge in [-0.15, -0.1) is 0 Å². The summed E-state index contributed by atoms with van der Waals surface area (Å²) in [7, 11) is 0. The first-order chi connectivity index (χ1) is 10.1. The van der Waals surface area contributed by atoms with E-state index in [-0.39, 0.29) is 11.7 Å². The molecule has 1 aliphatic heterocycles. The second-order valence-electron chi connectivity index (χ2n) is 5.92. The quantitative estimate of drug-likeness (QED) is 0.895. The average molecular weight is 290 g/mol. The van der Waals surface area contributed by atoms with Gasteiger partial charge < -0.3 is 15.7 Å². The van der Waals surface area contributed by atoms with Crippen molar-refractivity contribution in [3.05, 3.63) is 29.8 Å². The molecule has 4 heteroatoms. The summed E-state index contributed by atoms with van der Waals surface area (Å²) in [6.45, 7) is 2.97. The minimum Gasteiger partial charge on any atom is -0.508 e. The topological polar surface area (TPSA) is 66.6 Å². The van der Waals surface area contributed by atoms with Gasteiger partial charge in [-0.2, -0.15) is 0 Å². The van der Waals surface area contributed by atoms with E-state index in [1.165, 1.54) is 12.8 Å². The minimum atomic E-state index is -0.498. The summed E-state index contributed by atoms with van der Waals surface area (Å²) in [5, 5.41) is 9.30. The van der Waals surface area contributed by atoms with Crippen LogP contribution in [0, 0.1) is 0 Å². The number of aromatic hydroxyl groups is 1. The van der Waals surface area contributed by atoms with Crippen LogP contribution >= 0.6 is 0 Å². The van der Waals surface area contributed by atoms with Crippen LogP contribution in [0.25, 0.3) is 0 Å². The Hall–Kier alpha value is -1.55. The Balaban J connectivity index is 2.01. The van der Waals surface area contributed by atoms with Gasteiger partial charge in [0.25, 0.3) is 0 Å². The van der Waals surface area contributed by atoms with Crippen molar-refractivity contribution in [2.75, 3.05) is 6.54 Å². The van der Waals surface area contributed by atoms with Gasteiger partial charge >= 0.3 is 0 Å². The van der Waals surface area contributed by atoms with Gasteiger partial charge in [-0.25, -0.2) is 0 Å². The molecule has 3 N–H and O–H groups in total. The van der Waals surface area contributed by atoms with E-state index in [1.54, 1.807) is 12.1 Å². The van der Waals surface area contributed by atoms with Crippen molar-refractivity contribution in [2.24, 2.45) is 5.73 Å². The number of carbonyl (C=O) groups is 1. The Labute approximate surface area is 126 Å². The monoisotopic (exact) mass is 290 g/mol. The summed E-state index contributed by atoms with van der Waals surface area (Å²) >= 11 is 0. The number of hydrogen-bond acceptors (Lipinski definition) is 3. The van der Waals surface area contributed by atoms with Crippen LogP contribution in [0.1, 0.15) is 44.6 Å². The SMILES string of the molecule is CCC1CCCCCN1C(=O)C(N)Cc1ccc(O)cc1. The molecule has 0 radical (unpaired) electrons. The molecule has 1 fully saturated rings. The Bertz CT molecular complexity index is 458. The smallest absolute Gasteiger partial charge is 0.240 e. The third kappa shape index (κ3) is 4.21.